The monoisotopic (exact) mass is 348 g/mol. The Balaban J connectivity index is 2.27. The Kier molecular flexibility index (Phi) is 8.08. The van der Waals surface area contributed by atoms with E-state index in [0.717, 1.165) is 6.42 Å². The second-order valence-electron chi connectivity index (χ2n) is 7.46. The fraction of sp³-hybridized carbons (Fsp3) is 0.941. The summed E-state index contributed by atoms with van der Waals surface area (Å²) >= 11 is 0. The van der Waals surface area contributed by atoms with Crippen LogP contribution >= 0.6 is 0 Å². The van der Waals surface area contributed by atoms with E-state index in [4.69, 9.17) is 14.2 Å². The van der Waals surface area contributed by atoms with Gasteiger partial charge >= 0.3 is 5.97 Å². The summed E-state index contributed by atoms with van der Waals surface area (Å²) in [5.74, 6) is -0.215. The molecule has 0 aliphatic carbocycles. The summed E-state index contributed by atoms with van der Waals surface area (Å²) in [6.45, 7) is 8.96. The molecular formula is C17H32O7. The number of ether oxygens (including phenoxy) is 3. The predicted molar refractivity (Wildman–Crippen MR) is 87.2 cm³/mol. The standard InChI is InChI=1S/C17H32O7/c1-10(8-6-7-9-12(18)24-17(3,4)5)22-16-15(21)14(20)13(19)11(2)23-16/h10-11,13-16,19-21H,6-9H2,1-5H3/t10?,11?,13-,14?,15-,16+/m0/s1. The van der Waals surface area contributed by atoms with E-state index in [1.807, 2.05) is 27.7 Å². The quantitative estimate of drug-likeness (QED) is 0.468. The number of carbonyl (C=O) groups excluding carboxylic acids is 1. The minimum Gasteiger partial charge on any atom is -0.460 e. The highest BCUT2D eigenvalue weighted by atomic mass is 16.7. The van der Waals surface area contributed by atoms with Crippen LogP contribution in [0.3, 0.4) is 0 Å². The molecule has 1 saturated heterocycles. The van der Waals surface area contributed by atoms with Gasteiger partial charge in [-0.3, -0.25) is 4.79 Å². The van der Waals surface area contributed by atoms with Crippen LogP contribution in [0.2, 0.25) is 0 Å². The van der Waals surface area contributed by atoms with Gasteiger partial charge in [-0.2, -0.15) is 0 Å². The van der Waals surface area contributed by atoms with Crippen molar-refractivity contribution in [2.45, 2.75) is 103 Å². The van der Waals surface area contributed by atoms with Gasteiger partial charge in [-0.25, -0.2) is 0 Å². The first-order chi connectivity index (χ1) is 11.0. The van der Waals surface area contributed by atoms with Crippen LogP contribution in [0.1, 0.15) is 60.3 Å². The molecule has 0 saturated carbocycles. The highest BCUT2D eigenvalue weighted by Crippen LogP contribution is 2.23. The molecule has 0 bridgehead atoms. The van der Waals surface area contributed by atoms with E-state index in [9.17, 15) is 20.1 Å². The minimum atomic E-state index is -1.29. The summed E-state index contributed by atoms with van der Waals surface area (Å²) in [7, 11) is 0. The average Bonchev–Trinajstić information content (AvgIpc) is 2.45. The SMILES string of the molecule is CC(CCCCC(=O)OC(C)(C)C)O[C@@H]1OC(C)[C@H](O)C(O)[C@@H]1O. The Hall–Kier alpha value is -0.730. The summed E-state index contributed by atoms with van der Waals surface area (Å²) in [5.41, 5.74) is -0.468. The van der Waals surface area contributed by atoms with Crippen LogP contribution in [0, 0.1) is 0 Å². The zero-order chi connectivity index (χ0) is 18.5. The van der Waals surface area contributed by atoms with Gasteiger partial charge in [0.1, 0.15) is 23.9 Å². The van der Waals surface area contributed by atoms with E-state index >= 15 is 0 Å². The number of rotatable bonds is 7. The maximum atomic E-state index is 11.6. The molecule has 1 fully saturated rings. The lowest BCUT2D eigenvalue weighted by Crippen LogP contribution is -2.57. The van der Waals surface area contributed by atoms with Gasteiger partial charge in [0, 0.05) is 6.42 Å². The second kappa shape index (κ2) is 9.10. The van der Waals surface area contributed by atoms with Crippen molar-refractivity contribution < 1.29 is 34.3 Å². The number of aliphatic hydroxyl groups is 3. The first-order valence-electron chi connectivity index (χ1n) is 8.58. The third-order valence-corrected chi connectivity index (χ3v) is 3.84. The van der Waals surface area contributed by atoms with Crippen LogP contribution in [0.4, 0.5) is 0 Å². The second-order valence-corrected chi connectivity index (χ2v) is 7.46. The van der Waals surface area contributed by atoms with E-state index in [2.05, 4.69) is 0 Å². The Morgan fingerprint density at radius 1 is 1.12 bits per heavy atom. The fourth-order valence-corrected chi connectivity index (χ4v) is 2.52. The summed E-state index contributed by atoms with van der Waals surface area (Å²) in [5, 5.41) is 29.3. The van der Waals surface area contributed by atoms with Gasteiger partial charge in [0.2, 0.25) is 0 Å². The van der Waals surface area contributed by atoms with Crippen LogP contribution in [-0.4, -0.2) is 63.7 Å². The van der Waals surface area contributed by atoms with Crippen molar-refractivity contribution in [2.75, 3.05) is 0 Å². The lowest BCUT2D eigenvalue weighted by Gasteiger charge is -2.39. The first-order valence-corrected chi connectivity index (χ1v) is 8.58. The van der Waals surface area contributed by atoms with Crippen molar-refractivity contribution in [3.05, 3.63) is 0 Å². The summed E-state index contributed by atoms with van der Waals surface area (Å²) in [6, 6.07) is 0. The van der Waals surface area contributed by atoms with Crippen molar-refractivity contribution in [1.82, 2.24) is 0 Å². The molecule has 3 unspecified atom stereocenters. The number of carbonyl (C=O) groups is 1. The third kappa shape index (κ3) is 7.03. The molecule has 1 aliphatic rings. The zero-order valence-electron chi connectivity index (χ0n) is 15.3. The van der Waals surface area contributed by atoms with Crippen LogP contribution in [0.15, 0.2) is 0 Å². The van der Waals surface area contributed by atoms with E-state index in [-0.39, 0.29) is 12.1 Å². The smallest absolute Gasteiger partial charge is 0.306 e. The molecule has 0 amide bonds. The van der Waals surface area contributed by atoms with Crippen molar-refractivity contribution in [2.24, 2.45) is 0 Å². The van der Waals surface area contributed by atoms with Crippen LogP contribution in [-0.2, 0) is 19.0 Å². The first kappa shape index (κ1) is 21.3. The molecule has 7 heteroatoms. The normalized spacial score (nSPS) is 32.4. The fourth-order valence-electron chi connectivity index (χ4n) is 2.52. The molecule has 0 aromatic rings. The molecule has 0 spiro atoms. The van der Waals surface area contributed by atoms with Crippen LogP contribution in [0.5, 0.6) is 0 Å². The Morgan fingerprint density at radius 2 is 1.75 bits per heavy atom. The number of unbranched alkanes of at least 4 members (excludes halogenated alkanes) is 1. The van der Waals surface area contributed by atoms with Crippen molar-refractivity contribution >= 4 is 5.97 Å². The summed E-state index contributed by atoms with van der Waals surface area (Å²) in [4.78, 5) is 11.6. The zero-order valence-corrected chi connectivity index (χ0v) is 15.3. The van der Waals surface area contributed by atoms with E-state index in [1.165, 1.54) is 0 Å². The third-order valence-electron chi connectivity index (χ3n) is 3.84. The highest BCUT2D eigenvalue weighted by Gasteiger charge is 2.42. The van der Waals surface area contributed by atoms with E-state index in [0.29, 0.717) is 19.3 Å². The van der Waals surface area contributed by atoms with Gasteiger partial charge in [-0.1, -0.05) is 6.42 Å². The predicted octanol–water partition coefficient (Wildman–Crippen LogP) is 1.12. The molecule has 1 heterocycles. The molecule has 142 valence electrons. The summed E-state index contributed by atoms with van der Waals surface area (Å²) < 4.78 is 16.3. The molecule has 6 atom stereocenters. The average molecular weight is 348 g/mol. The Morgan fingerprint density at radius 3 is 2.33 bits per heavy atom. The van der Waals surface area contributed by atoms with E-state index in [1.54, 1.807) is 6.92 Å². The largest absolute Gasteiger partial charge is 0.460 e. The molecule has 24 heavy (non-hydrogen) atoms. The highest BCUT2D eigenvalue weighted by molar-refractivity contribution is 5.69. The number of hydrogen-bond donors (Lipinski definition) is 3. The van der Waals surface area contributed by atoms with Gasteiger partial charge < -0.3 is 29.5 Å². The topological polar surface area (TPSA) is 105 Å². The molecule has 0 radical (unpaired) electrons. The molecule has 1 aliphatic heterocycles. The van der Waals surface area contributed by atoms with Crippen molar-refractivity contribution in [1.29, 1.82) is 0 Å². The molecule has 1 rings (SSSR count). The van der Waals surface area contributed by atoms with Crippen molar-refractivity contribution in [3.63, 3.8) is 0 Å². The van der Waals surface area contributed by atoms with Gasteiger partial charge in [0.15, 0.2) is 6.29 Å². The number of hydrogen-bond acceptors (Lipinski definition) is 7. The minimum absolute atomic E-state index is 0.210. The van der Waals surface area contributed by atoms with Crippen molar-refractivity contribution in [3.8, 4) is 0 Å². The maximum absolute atomic E-state index is 11.6. The lowest BCUT2D eigenvalue weighted by atomic mass is 10.00. The van der Waals surface area contributed by atoms with Crippen LogP contribution in [0.25, 0.3) is 0 Å². The van der Waals surface area contributed by atoms with Gasteiger partial charge in [0.05, 0.1) is 12.2 Å². The number of esters is 1. The number of aliphatic hydroxyl groups excluding tert-OH is 3. The van der Waals surface area contributed by atoms with Gasteiger partial charge in [0.25, 0.3) is 0 Å². The molecule has 0 aromatic heterocycles. The maximum Gasteiger partial charge on any atom is 0.306 e. The van der Waals surface area contributed by atoms with Crippen LogP contribution < -0.4 is 0 Å². The lowest BCUT2D eigenvalue weighted by molar-refractivity contribution is -0.303. The molecular weight excluding hydrogens is 316 g/mol. The molecule has 7 nitrogen and oxygen atoms in total. The Bertz CT molecular complexity index is 393. The summed E-state index contributed by atoms with van der Waals surface area (Å²) in [6.07, 6.45) is -3.03. The molecule has 0 aromatic carbocycles. The van der Waals surface area contributed by atoms with Gasteiger partial charge in [-0.05, 0) is 47.5 Å². The molecule has 3 N–H and O–H groups in total. The van der Waals surface area contributed by atoms with Gasteiger partial charge in [-0.15, -0.1) is 0 Å². The van der Waals surface area contributed by atoms with E-state index < -0.39 is 36.3 Å². The Labute approximate surface area is 143 Å².